The molecule has 0 N–H and O–H groups in total. The highest BCUT2D eigenvalue weighted by molar-refractivity contribution is 6.69. The van der Waals surface area contributed by atoms with Crippen molar-refractivity contribution in [3.8, 4) is 0 Å². The van der Waals surface area contributed by atoms with Crippen LogP contribution in [0.15, 0.2) is 41.7 Å². The van der Waals surface area contributed by atoms with Gasteiger partial charge in [0, 0.05) is 18.8 Å². The van der Waals surface area contributed by atoms with Crippen molar-refractivity contribution < 1.29 is 14.0 Å². The SMILES string of the molecule is C[Si](C)(C)OC1C[C@@H](c2ccccc2)C2=C(O1)C(=O)CC2. The second-order valence-electron chi connectivity index (χ2n) is 6.75. The molecule has 0 fully saturated rings. The topological polar surface area (TPSA) is 35.5 Å². The molecule has 1 unspecified atom stereocenters. The number of carbonyl (C=O) groups excluding carboxylic acids is 1. The van der Waals surface area contributed by atoms with Gasteiger partial charge in [-0.25, -0.2) is 0 Å². The minimum atomic E-state index is -1.70. The average Bonchev–Trinajstić information content (AvgIpc) is 2.79. The summed E-state index contributed by atoms with van der Waals surface area (Å²) < 4.78 is 12.0. The van der Waals surface area contributed by atoms with Crippen molar-refractivity contribution in [1.82, 2.24) is 0 Å². The lowest BCUT2D eigenvalue weighted by molar-refractivity contribution is -0.125. The Balaban J connectivity index is 1.92. The Morgan fingerprint density at radius 2 is 1.86 bits per heavy atom. The summed E-state index contributed by atoms with van der Waals surface area (Å²) in [6, 6.07) is 10.4. The van der Waals surface area contributed by atoms with Crippen LogP contribution >= 0.6 is 0 Å². The van der Waals surface area contributed by atoms with E-state index in [-0.39, 0.29) is 18.0 Å². The van der Waals surface area contributed by atoms with E-state index in [0.29, 0.717) is 12.2 Å². The van der Waals surface area contributed by atoms with E-state index in [9.17, 15) is 4.79 Å². The Morgan fingerprint density at radius 1 is 1.14 bits per heavy atom. The molecule has 1 aliphatic carbocycles. The lowest BCUT2D eigenvalue weighted by Gasteiger charge is -2.34. The van der Waals surface area contributed by atoms with Crippen molar-refractivity contribution in [3.63, 3.8) is 0 Å². The highest BCUT2D eigenvalue weighted by Crippen LogP contribution is 2.43. The van der Waals surface area contributed by atoms with Crippen LogP contribution in [0.3, 0.4) is 0 Å². The Morgan fingerprint density at radius 3 is 2.52 bits per heavy atom. The monoisotopic (exact) mass is 302 g/mol. The first-order chi connectivity index (χ1) is 9.94. The maximum Gasteiger partial charge on any atom is 0.197 e. The Labute approximate surface area is 127 Å². The number of hydrogen-bond acceptors (Lipinski definition) is 3. The second kappa shape index (κ2) is 5.43. The van der Waals surface area contributed by atoms with Gasteiger partial charge in [-0.2, -0.15) is 0 Å². The third-order valence-corrected chi connectivity index (χ3v) is 4.92. The Hall–Kier alpha value is -1.39. The van der Waals surface area contributed by atoms with Gasteiger partial charge in [-0.05, 0) is 37.2 Å². The van der Waals surface area contributed by atoms with Gasteiger partial charge >= 0.3 is 0 Å². The standard InChI is InChI=1S/C17H22O3Si/c1-21(2,3)20-16-11-14(12-7-5-4-6-8-12)13-9-10-15(18)17(13)19-16/h4-8,14,16H,9-11H2,1-3H3/t14-,16?/m0/s1. The summed E-state index contributed by atoms with van der Waals surface area (Å²) >= 11 is 0. The van der Waals surface area contributed by atoms with Crippen LogP contribution < -0.4 is 0 Å². The van der Waals surface area contributed by atoms with Gasteiger partial charge in [0.1, 0.15) is 0 Å². The summed E-state index contributed by atoms with van der Waals surface area (Å²) in [7, 11) is -1.70. The average molecular weight is 302 g/mol. The molecule has 21 heavy (non-hydrogen) atoms. The van der Waals surface area contributed by atoms with Gasteiger partial charge in [-0.15, -0.1) is 0 Å². The molecule has 0 bridgehead atoms. The molecule has 0 amide bonds. The molecule has 1 heterocycles. The van der Waals surface area contributed by atoms with Crippen LogP contribution in [0.4, 0.5) is 0 Å². The molecule has 3 nitrogen and oxygen atoms in total. The summed E-state index contributed by atoms with van der Waals surface area (Å²) in [6.45, 7) is 6.44. The van der Waals surface area contributed by atoms with Gasteiger partial charge in [-0.3, -0.25) is 4.79 Å². The zero-order valence-electron chi connectivity index (χ0n) is 12.9. The molecule has 0 saturated carbocycles. The summed E-state index contributed by atoms with van der Waals surface area (Å²) in [5.41, 5.74) is 2.42. The van der Waals surface area contributed by atoms with Crippen molar-refractivity contribution in [2.45, 2.75) is 51.1 Å². The fraction of sp³-hybridized carbons (Fsp3) is 0.471. The van der Waals surface area contributed by atoms with Crippen LogP contribution in [0.2, 0.25) is 19.6 Å². The van der Waals surface area contributed by atoms with Crippen LogP contribution in [0.1, 0.15) is 30.7 Å². The smallest absolute Gasteiger partial charge is 0.197 e. The van der Waals surface area contributed by atoms with E-state index in [1.54, 1.807) is 0 Å². The highest BCUT2D eigenvalue weighted by atomic mass is 28.4. The molecule has 1 aliphatic heterocycles. The van der Waals surface area contributed by atoms with Gasteiger partial charge < -0.3 is 9.16 Å². The molecule has 0 saturated heterocycles. The third kappa shape index (κ3) is 3.11. The maximum atomic E-state index is 12.1. The lowest BCUT2D eigenvalue weighted by Crippen LogP contribution is -2.37. The Kier molecular flexibility index (Phi) is 3.76. The van der Waals surface area contributed by atoms with E-state index in [1.807, 2.05) is 6.07 Å². The summed E-state index contributed by atoms with van der Waals surface area (Å²) in [6.07, 6.45) is 1.92. The number of rotatable bonds is 3. The van der Waals surface area contributed by atoms with Gasteiger partial charge in [0.2, 0.25) is 0 Å². The molecule has 1 aromatic rings. The third-order valence-electron chi connectivity index (χ3n) is 3.95. The number of carbonyl (C=O) groups is 1. The maximum absolute atomic E-state index is 12.1. The normalized spacial score (nSPS) is 25.8. The quantitative estimate of drug-likeness (QED) is 0.792. The van der Waals surface area contributed by atoms with Crippen molar-refractivity contribution in [1.29, 1.82) is 0 Å². The van der Waals surface area contributed by atoms with Crippen molar-refractivity contribution in [3.05, 3.63) is 47.2 Å². The summed E-state index contributed by atoms with van der Waals surface area (Å²) in [4.78, 5) is 12.1. The molecule has 2 atom stereocenters. The molecule has 4 heteroatoms. The van der Waals surface area contributed by atoms with Gasteiger partial charge in [0.05, 0.1) is 0 Å². The molecular formula is C17H22O3Si. The lowest BCUT2D eigenvalue weighted by atomic mass is 9.86. The summed E-state index contributed by atoms with van der Waals surface area (Å²) in [5, 5.41) is 0. The molecule has 0 aromatic heterocycles. The van der Waals surface area contributed by atoms with Crippen LogP contribution in [-0.2, 0) is 14.0 Å². The number of Topliss-reactive ketones (excluding diaryl/α,β-unsaturated/α-hetero) is 1. The fourth-order valence-electron chi connectivity index (χ4n) is 3.13. The first-order valence-corrected chi connectivity index (χ1v) is 11.0. The highest BCUT2D eigenvalue weighted by Gasteiger charge is 2.39. The Bertz CT molecular complexity index is 571. The minimum Gasteiger partial charge on any atom is -0.462 e. The number of hydrogen-bond donors (Lipinski definition) is 0. The van der Waals surface area contributed by atoms with E-state index in [1.165, 1.54) is 11.1 Å². The second-order valence-corrected chi connectivity index (χ2v) is 11.2. The first-order valence-electron chi connectivity index (χ1n) is 7.60. The van der Waals surface area contributed by atoms with Gasteiger partial charge in [0.15, 0.2) is 26.1 Å². The predicted octanol–water partition coefficient (Wildman–Crippen LogP) is 3.99. The van der Waals surface area contributed by atoms with E-state index in [4.69, 9.17) is 9.16 Å². The molecular weight excluding hydrogens is 280 g/mol. The van der Waals surface area contributed by atoms with E-state index >= 15 is 0 Å². The van der Waals surface area contributed by atoms with Gasteiger partial charge in [-0.1, -0.05) is 30.3 Å². The fourth-order valence-corrected chi connectivity index (χ4v) is 4.06. The molecule has 3 rings (SSSR count). The van der Waals surface area contributed by atoms with E-state index in [0.717, 1.165) is 12.8 Å². The summed E-state index contributed by atoms with van der Waals surface area (Å²) in [5.74, 6) is 0.968. The first kappa shape index (κ1) is 14.5. The van der Waals surface area contributed by atoms with Gasteiger partial charge in [0.25, 0.3) is 0 Å². The van der Waals surface area contributed by atoms with Crippen molar-refractivity contribution >= 4 is 14.1 Å². The van der Waals surface area contributed by atoms with Crippen LogP contribution in [0, 0.1) is 0 Å². The van der Waals surface area contributed by atoms with Crippen LogP contribution in [0.25, 0.3) is 0 Å². The predicted molar refractivity (Wildman–Crippen MR) is 84.4 cm³/mol. The van der Waals surface area contributed by atoms with E-state index < -0.39 is 8.32 Å². The van der Waals surface area contributed by atoms with Crippen LogP contribution in [0.5, 0.6) is 0 Å². The van der Waals surface area contributed by atoms with E-state index in [2.05, 4.69) is 43.9 Å². The number of benzene rings is 1. The number of ketones is 1. The largest absolute Gasteiger partial charge is 0.462 e. The molecule has 0 radical (unpaired) electrons. The van der Waals surface area contributed by atoms with Crippen molar-refractivity contribution in [2.24, 2.45) is 0 Å². The molecule has 0 spiro atoms. The number of allylic oxidation sites excluding steroid dienone is 2. The zero-order valence-corrected chi connectivity index (χ0v) is 13.9. The van der Waals surface area contributed by atoms with Crippen molar-refractivity contribution in [2.75, 3.05) is 0 Å². The molecule has 2 aliphatic rings. The molecule has 1 aromatic carbocycles. The number of ether oxygens (including phenoxy) is 1. The van der Waals surface area contributed by atoms with Crippen LogP contribution in [-0.4, -0.2) is 20.4 Å². The minimum absolute atomic E-state index is 0.134. The zero-order chi connectivity index (χ0) is 15.0. The molecule has 112 valence electrons.